The quantitative estimate of drug-likeness (QED) is 0.0352. The van der Waals surface area contributed by atoms with E-state index in [1.165, 1.54) is 100 Å². The van der Waals surface area contributed by atoms with Gasteiger partial charge in [-0.25, -0.2) is 16.8 Å². The summed E-state index contributed by atoms with van der Waals surface area (Å²) in [5, 5.41) is 4.10. The van der Waals surface area contributed by atoms with Crippen LogP contribution in [0.1, 0.15) is 178 Å². The molecule has 4 aromatic carbocycles. The van der Waals surface area contributed by atoms with Crippen molar-refractivity contribution in [2.24, 2.45) is 0 Å². The van der Waals surface area contributed by atoms with Crippen molar-refractivity contribution in [1.29, 1.82) is 0 Å². The first-order valence-corrected chi connectivity index (χ1v) is 24.8. The van der Waals surface area contributed by atoms with Crippen LogP contribution in [0.3, 0.4) is 0 Å². The molecule has 0 aromatic heterocycles. The molecule has 0 bridgehead atoms. The van der Waals surface area contributed by atoms with E-state index in [0.29, 0.717) is 12.8 Å². The largest absolute Gasteiger partial charge is 2.00 e. The molecule has 0 saturated carbocycles. The van der Waals surface area contributed by atoms with Gasteiger partial charge in [-0.05, 0) is 107 Å². The summed E-state index contributed by atoms with van der Waals surface area (Å²) in [5.41, 5.74) is 3.85. The van der Waals surface area contributed by atoms with Crippen molar-refractivity contribution in [3.63, 3.8) is 0 Å². The second kappa shape index (κ2) is 28.3. The van der Waals surface area contributed by atoms with E-state index in [0.717, 1.165) is 96.9 Å². The maximum atomic E-state index is 11.9. The van der Waals surface area contributed by atoms with Crippen LogP contribution in [0.4, 0.5) is 0 Å². The molecule has 0 saturated heterocycles. The van der Waals surface area contributed by atoms with Crippen molar-refractivity contribution in [2.75, 3.05) is 0 Å². The van der Waals surface area contributed by atoms with Gasteiger partial charge >= 0.3 is 48.9 Å². The number of fused-ring (bicyclic) bond motifs is 2. The normalized spacial score (nSPS) is 11.8. The molecule has 0 aliphatic heterocycles. The Morgan fingerprint density at radius 1 is 0.386 bits per heavy atom. The Morgan fingerprint density at radius 3 is 0.982 bits per heavy atom. The SMILES string of the molecule is CCCCCCCc1cccc2ccc(S(=O)(=O)[O-])c(CCCCCCC)c12.CCCCCCCc1cccc2ccc(S(=O)(=O)[O-])c(CCCCCCC)c12.[Ba+2]. The molecule has 0 spiro atoms. The van der Waals surface area contributed by atoms with Crippen LogP contribution < -0.4 is 0 Å². The average Bonchev–Trinajstić information content (AvgIpc) is 3.16. The van der Waals surface area contributed by atoms with Crippen molar-refractivity contribution in [3.05, 3.63) is 82.9 Å². The molecule has 9 heteroatoms. The maximum Gasteiger partial charge on any atom is 2.00 e. The third kappa shape index (κ3) is 17.7. The molecule has 0 radical (unpaired) electrons. The van der Waals surface area contributed by atoms with Gasteiger partial charge < -0.3 is 9.11 Å². The van der Waals surface area contributed by atoms with E-state index in [1.54, 1.807) is 12.1 Å². The molecule has 4 aromatic rings. The van der Waals surface area contributed by atoms with Crippen molar-refractivity contribution < 1.29 is 25.9 Å². The molecule has 0 unspecified atom stereocenters. The first-order chi connectivity index (χ1) is 27.0. The Kier molecular flexibility index (Phi) is 25.8. The number of unbranched alkanes of at least 4 members (excludes halogenated alkanes) is 16. The molecule has 0 heterocycles. The van der Waals surface area contributed by atoms with Crippen LogP contribution in [0.15, 0.2) is 70.5 Å². The third-order valence-electron chi connectivity index (χ3n) is 11.1. The standard InChI is InChI=1S/2C24H36O3S.Ba/c2*1-3-5-7-9-11-14-20-15-13-16-21-18-19-23(28(25,26)27)22(24(20)21)17-12-10-8-6-4-2;/h2*13,15-16,18-19H,3-12,14,17H2,1-2H3,(H,25,26,27);/q;;+2/p-2. The van der Waals surface area contributed by atoms with Crippen LogP contribution in [0.2, 0.25) is 0 Å². The zero-order valence-corrected chi connectivity index (χ0v) is 41.8. The zero-order chi connectivity index (χ0) is 40.8. The fourth-order valence-corrected chi connectivity index (χ4v) is 9.54. The van der Waals surface area contributed by atoms with Gasteiger partial charge in [0.25, 0.3) is 0 Å². The van der Waals surface area contributed by atoms with Crippen LogP contribution in [0.25, 0.3) is 21.5 Å². The van der Waals surface area contributed by atoms with Gasteiger partial charge in [-0.1, -0.05) is 179 Å². The van der Waals surface area contributed by atoms with E-state index in [2.05, 4.69) is 39.8 Å². The van der Waals surface area contributed by atoms with Crippen LogP contribution in [-0.4, -0.2) is 74.8 Å². The Bertz CT molecular complexity index is 1830. The summed E-state index contributed by atoms with van der Waals surface area (Å²) < 4.78 is 71.5. The van der Waals surface area contributed by atoms with E-state index >= 15 is 0 Å². The number of aryl methyl sites for hydroxylation is 4. The summed E-state index contributed by atoms with van der Waals surface area (Å²) in [5.74, 6) is 0. The number of rotatable bonds is 26. The van der Waals surface area contributed by atoms with Gasteiger partial charge in [0.05, 0.1) is 9.79 Å². The van der Waals surface area contributed by atoms with Crippen molar-refractivity contribution in [2.45, 2.75) is 192 Å². The predicted octanol–water partition coefficient (Wildman–Crippen LogP) is 13.2. The minimum Gasteiger partial charge on any atom is -0.744 e. The fourth-order valence-electron chi connectivity index (χ4n) is 8.06. The molecule has 0 atom stereocenters. The van der Waals surface area contributed by atoms with Crippen LogP contribution >= 0.6 is 0 Å². The molecule has 0 amide bonds. The summed E-state index contributed by atoms with van der Waals surface area (Å²) in [6.07, 6.45) is 26.3. The van der Waals surface area contributed by atoms with Crippen LogP contribution in [0.5, 0.6) is 0 Å². The topological polar surface area (TPSA) is 114 Å². The monoisotopic (exact) mass is 944 g/mol. The minimum absolute atomic E-state index is 0. The minimum atomic E-state index is -4.47. The van der Waals surface area contributed by atoms with Gasteiger partial charge in [0.15, 0.2) is 0 Å². The Morgan fingerprint density at radius 2 is 0.684 bits per heavy atom. The fraction of sp³-hybridized carbons (Fsp3) is 0.583. The van der Waals surface area contributed by atoms with E-state index in [1.807, 2.05) is 24.3 Å². The van der Waals surface area contributed by atoms with Crippen molar-refractivity contribution in [3.8, 4) is 0 Å². The number of hydrogen-bond acceptors (Lipinski definition) is 6. The second-order valence-electron chi connectivity index (χ2n) is 15.7. The maximum absolute atomic E-state index is 11.9. The van der Waals surface area contributed by atoms with E-state index < -0.39 is 20.2 Å². The Labute approximate surface area is 387 Å². The molecule has 312 valence electrons. The Hall–Kier alpha value is -1.21. The third-order valence-corrected chi connectivity index (χ3v) is 12.9. The van der Waals surface area contributed by atoms with Gasteiger partial charge in [-0.15, -0.1) is 0 Å². The summed E-state index contributed by atoms with van der Waals surface area (Å²) in [6, 6.07) is 18.9. The van der Waals surface area contributed by atoms with E-state index in [4.69, 9.17) is 0 Å². The summed E-state index contributed by atoms with van der Waals surface area (Å²) >= 11 is 0. The first-order valence-electron chi connectivity index (χ1n) is 22.0. The van der Waals surface area contributed by atoms with E-state index in [-0.39, 0.29) is 58.7 Å². The van der Waals surface area contributed by atoms with Crippen molar-refractivity contribution in [1.82, 2.24) is 0 Å². The predicted molar refractivity (Wildman–Crippen MR) is 239 cm³/mol. The number of hydrogen-bond donors (Lipinski definition) is 0. The molecular formula is C48H70BaO6S2. The zero-order valence-electron chi connectivity index (χ0n) is 35.7. The summed E-state index contributed by atoms with van der Waals surface area (Å²) in [6.45, 7) is 8.78. The van der Waals surface area contributed by atoms with Gasteiger partial charge in [-0.3, -0.25) is 0 Å². The van der Waals surface area contributed by atoms with E-state index in [9.17, 15) is 25.9 Å². The molecule has 0 aliphatic carbocycles. The molecule has 57 heavy (non-hydrogen) atoms. The second-order valence-corrected chi connectivity index (χ2v) is 18.4. The Balaban J connectivity index is 0.000000387. The first kappa shape index (κ1) is 51.9. The molecule has 4 rings (SSSR count). The molecule has 0 aliphatic rings. The summed E-state index contributed by atoms with van der Waals surface area (Å²) in [4.78, 5) is -0.0390. The number of benzene rings is 4. The van der Waals surface area contributed by atoms with Gasteiger partial charge in [0.2, 0.25) is 0 Å². The van der Waals surface area contributed by atoms with Crippen molar-refractivity contribution >= 4 is 90.7 Å². The summed E-state index contributed by atoms with van der Waals surface area (Å²) in [7, 11) is -8.94. The average molecular weight is 945 g/mol. The molecular weight excluding hydrogens is 874 g/mol. The van der Waals surface area contributed by atoms with Gasteiger partial charge in [0.1, 0.15) is 20.2 Å². The molecule has 0 N–H and O–H groups in total. The molecule has 6 nitrogen and oxygen atoms in total. The molecule has 0 fully saturated rings. The van der Waals surface area contributed by atoms with Gasteiger partial charge in [-0.2, -0.15) is 0 Å². The van der Waals surface area contributed by atoms with Crippen LogP contribution in [0, 0.1) is 0 Å². The smallest absolute Gasteiger partial charge is 0.744 e. The van der Waals surface area contributed by atoms with Gasteiger partial charge in [0, 0.05) is 0 Å². The van der Waals surface area contributed by atoms with Crippen LogP contribution in [-0.2, 0) is 45.9 Å².